The molecule has 3 heteroatoms. The molecule has 13 heavy (non-hydrogen) atoms. The normalized spacial score (nSPS) is 16.5. The first-order valence-electron chi connectivity index (χ1n) is 5.05. The van der Waals surface area contributed by atoms with Crippen LogP contribution in [0.3, 0.4) is 0 Å². The molecule has 1 aromatic rings. The average molecular weight is 179 g/mol. The second kappa shape index (κ2) is 3.40. The lowest BCUT2D eigenvalue weighted by Gasteiger charge is -2.11. The average Bonchev–Trinajstić information content (AvgIpc) is 2.79. The molecule has 1 fully saturated rings. The Bertz CT molecular complexity index is 273. The third-order valence-electron chi connectivity index (χ3n) is 2.43. The van der Waals surface area contributed by atoms with Crippen molar-refractivity contribution in [2.45, 2.75) is 32.7 Å². The van der Waals surface area contributed by atoms with E-state index >= 15 is 0 Å². The van der Waals surface area contributed by atoms with Gasteiger partial charge < -0.3 is 5.32 Å². The highest BCUT2D eigenvalue weighted by molar-refractivity contribution is 5.34. The summed E-state index contributed by atoms with van der Waals surface area (Å²) in [6.45, 7) is 5.41. The molecule has 72 valence electrons. The molecule has 0 spiro atoms. The van der Waals surface area contributed by atoms with Gasteiger partial charge in [0.25, 0.3) is 0 Å². The summed E-state index contributed by atoms with van der Waals surface area (Å²) in [6.07, 6.45) is 4.64. The fourth-order valence-electron chi connectivity index (χ4n) is 1.44. The first-order valence-corrected chi connectivity index (χ1v) is 5.05. The first-order chi connectivity index (χ1) is 6.27. The largest absolute Gasteiger partial charge is 0.370 e. The van der Waals surface area contributed by atoms with E-state index in [2.05, 4.69) is 24.3 Å². The molecule has 0 bridgehead atoms. The van der Waals surface area contributed by atoms with Crippen LogP contribution in [0.4, 0.5) is 5.82 Å². The Morgan fingerprint density at radius 2 is 2.38 bits per heavy atom. The summed E-state index contributed by atoms with van der Waals surface area (Å²) in [5, 5.41) is 7.71. The zero-order valence-corrected chi connectivity index (χ0v) is 8.33. The fraction of sp³-hybridized carbons (Fsp3) is 0.700. The van der Waals surface area contributed by atoms with E-state index in [0.29, 0.717) is 6.04 Å². The molecule has 2 rings (SSSR count). The van der Waals surface area contributed by atoms with Gasteiger partial charge in [-0.2, -0.15) is 5.10 Å². The lowest BCUT2D eigenvalue weighted by Crippen LogP contribution is -2.11. The third-order valence-corrected chi connectivity index (χ3v) is 2.43. The Morgan fingerprint density at radius 1 is 1.62 bits per heavy atom. The summed E-state index contributed by atoms with van der Waals surface area (Å²) in [6, 6.07) is 2.49. The van der Waals surface area contributed by atoms with Crippen LogP contribution in [-0.2, 0) is 0 Å². The van der Waals surface area contributed by atoms with Crippen LogP contribution < -0.4 is 5.32 Å². The van der Waals surface area contributed by atoms with Gasteiger partial charge in [-0.05, 0) is 32.6 Å². The van der Waals surface area contributed by atoms with Crippen LogP contribution in [0.2, 0.25) is 0 Å². The van der Waals surface area contributed by atoms with E-state index in [4.69, 9.17) is 0 Å². The van der Waals surface area contributed by atoms with Crippen molar-refractivity contribution in [3.05, 3.63) is 12.3 Å². The van der Waals surface area contributed by atoms with Crippen LogP contribution in [0.25, 0.3) is 0 Å². The van der Waals surface area contributed by atoms with E-state index in [0.717, 1.165) is 18.3 Å². The van der Waals surface area contributed by atoms with Crippen molar-refractivity contribution in [2.75, 3.05) is 11.9 Å². The number of nitrogens with zero attached hydrogens (tertiary/aromatic N) is 2. The quantitative estimate of drug-likeness (QED) is 0.768. The van der Waals surface area contributed by atoms with Crippen LogP contribution in [0.5, 0.6) is 0 Å². The molecular formula is C10H17N3. The topological polar surface area (TPSA) is 29.9 Å². The van der Waals surface area contributed by atoms with Crippen molar-refractivity contribution in [1.82, 2.24) is 9.78 Å². The van der Waals surface area contributed by atoms with Gasteiger partial charge in [-0.1, -0.05) is 0 Å². The molecule has 0 saturated heterocycles. The van der Waals surface area contributed by atoms with Crippen molar-refractivity contribution < 1.29 is 0 Å². The van der Waals surface area contributed by atoms with E-state index in [1.165, 1.54) is 12.8 Å². The Kier molecular flexibility index (Phi) is 2.25. The van der Waals surface area contributed by atoms with E-state index in [-0.39, 0.29) is 0 Å². The molecule has 1 N–H and O–H groups in total. The summed E-state index contributed by atoms with van der Waals surface area (Å²) in [4.78, 5) is 0. The third kappa shape index (κ3) is 2.02. The molecule has 1 aromatic heterocycles. The van der Waals surface area contributed by atoms with Crippen molar-refractivity contribution in [3.8, 4) is 0 Å². The highest BCUT2D eigenvalue weighted by Crippen LogP contribution is 2.29. The number of hydrogen-bond donors (Lipinski definition) is 1. The molecule has 0 atom stereocenters. The summed E-state index contributed by atoms with van der Waals surface area (Å²) >= 11 is 0. The Balaban J connectivity index is 1.96. The summed E-state index contributed by atoms with van der Waals surface area (Å²) in [5.74, 6) is 2.07. The second-order valence-electron chi connectivity index (χ2n) is 4.08. The van der Waals surface area contributed by atoms with Crippen LogP contribution in [-0.4, -0.2) is 16.3 Å². The molecule has 0 aliphatic heterocycles. The van der Waals surface area contributed by atoms with Crippen molar-refractivity contribution in [2.24, 2.45) is 5.92 Å². The zero-order chi connectivity index (χ0) is 9.26. The van der Waals surface area contributed by atoms with Gasteiger partial charge in [0.15, 0.2) is 0 Å². The summed E-state index contributed by atoms with van der Waals surface area (Å²) in [7, 11) is 0. The number of aromatic nitrogens is 2. The minimum atomic E-state index is 0.441. The minimum Gasteiger partial charge on any atom is -0.370 e. The number of rotatable bonds is 4. The van der Waals surface area contributed by atoms with E-state index < -0.39 is 0 Å². The van der Waals surface area contributed by atoms with Crippen molar-refractivity contribution in [3.63, 3.8) is 0 Å². The Labute approximate surface area is 79.1 Å². The maximum atomic E-state index is 4.27. The molecule has 0 aromatic carbocycles. The van der Waals surface area contributed by atoms with Gasteiger partial charge >= 0.3 is 0 Å². The van der Waals surface area contributed by atoms with Crippen LogP contribution in [0.15, 0.2) is 12.3 Å². The fourth-order valence-corrected chi connectivity index (χ4v) is 1.44. The lowest BCUT2D eigenvalue weighted by molar-refractivity contribution is 0.537. The van der Waals surface area contributed by atoms with Gasteiger partial charge in [0.2, 0.25) is 0 Å². The van der Waals surface area contributed by atoms with Gasteiger partial charge in [-0.3, -0.25) is 0 Å². The van der Waals surface area contributed by atoms with E-state index in [1.807, 2.05) is 16.9 Å². The standard InChI is InChI=1S/C10H17N3/c1-8(2)13-10(5-6-12-13)11-7-9-3-4-9/h5-6,8-9,11H,3-4,7H2,1-2H3. The molecule has 0 unspecified atom stereocenters. The maximum Gasteiger partial charge on any atom is 0.124 e. The number of anilines is 1. The van der Waals surface area contributed by atoms with E-state index in [1.54, 1.807) is 0 Å². The summed E-state index contributed by atoms with van der Waals surface area (Å²) in [5.41, 5.74) is 0. The van der Waals surface area contributed by atoms with Crippen LogP contribution in [0, 0.1) is 5.92 Å². The maximum absolute atomic E-state index is 4.27. The highest BCUT2D eigenvalue weighted by Gasteiger charge is 2.21. The van der Waals surface area contributed by atoms with Gasteiger partial charge in [-0.25, -0.2) is 4.68 Å². The van der Waals surface area contributed by atoms with Crippen molar-refractivity contribution in [1.29, 1.82) is 0 Å². The monoisotopic (exact) mass is 179 g/mol. The predicted molar refractivity (Wildman–Crippen MR) is 53.8 cm³/mol. The number of nitrogens with one attached hydrogen (secondary N) is 1. The molecule has 0 radical (unpaired) electrons. The SMILES string of the molecule is CC(C)n1nccc1NCC1CC1. The van der Waals surface area contributed by atoms with Gasteiger partial charge in [0.1, 0.15) is 5.82 Å². The summed E-state index contributed by atoms with van der Waals surface area (Å²) < 4.78 is 2.03. The van der Waals surface area contributed by atoms with Crippen LogP contribution in [0.1, 0.15) is 32.7 Å². The molecule has 1 heterocycles. The van der Waals surface area contributed by atoms with E-state index in [9.17, 15) is 0 Å². The molecular weight excluding hydrogens is 162 g/mol. The second-order valence-corrected chi connectivity index (χ2v) is 4.08. The predicted octanol–water partition coefficient (Wildman–Crippen LogP) is 2.29. The van der Waals surface area contributed by atoms with Gasteiger partial charge in [0, 0.05) is 18.7 Å². The molecule has 1 saturated carbocycles. The zero-order valence-electron chi connectivity index (χ0n) is 8.33. The Hall–Kier alpha value is -0.990. The highest BCUT2D eigenvalue weighted by atomic mass is 15.3. The molecule has 1 aliphatic carbocycles. The lowest BCUT2D eigenvalue weighted by atomic mass is 10.4. The minimum absolute atomic E-state index is 0.441. The van der Waals surface area contributed by atoms with Gasteiger partial charge in [0.05, 0.1) is 6.20 Å². The number of hydrogen-bond acceptors (Lipinski definition) is 2. The van der Waals surface area contributed by atoms with Gasteiger partial charge in [-0.15, -0.1) is 0 Å². The van der Waals surface area contributed by atoms with Crippen LogP contribution >= 0.6 is 0 Å². The Morgan fingerprint density at radius 3 is 3.00 bits per heavy atom. The molecule has 1 aliphatic rings. The molecule has 0 amide bonds. The van der Waals surface area contributed by atoms with Crippen molar-refractivity contribution >= 4 is 5.82 Å². The smallest absolute Gasteiger partial charge is 0.124 e. The molecule has 3 nitrogen and oxygen atoms in total. The first kappa shape index (κ1) is 8.60.